The van der Waals surface area contributed by atoms with Gasteiger partial charge in [0.05, 0.1) is 0 Å². The van der Waals surface area contributed by atoms with Crippen molar-refractivity contribution in [2.24, 2.45) is 0 Å². The van der Waals surface area contributed by atoms with Gasteiger partial charge in [-0.2, -0.15) is 4.57 Å². The summed E-state index contributed by atoms with van der Waals surface area (Å²) in [6, 6.07) is 7.29. The Morgan fingerprint density at radius 1 is 1.05 bits per heavy atom. The SMILES string of the molecule is CCCCCCC(CC)[n+]1ccccc1C(C)C.[Br-]. The van der Waals surface area contributed by atoms with Gasteiger partial charge in [-0.25, -0.2) is 0 Å². The Kier molecular flexibility index (Phi) is 10.2. The van der Waals surface area contributed by atoms with E-state index in [1.54, 1.807) is 0 Å². The summed E-state index contributed by atoms with van der Waals surface area (Å²) in [5, 5.41) is 0. The minimum absolute atomic E-state index is 0. The number of aromatic nitrogens is 1. The molecule has 0 fully saturated rings. The van der Waals surface area contributed by atoms with Gasteiger partial charge in [-0.05, 0) is 6.42 Å². The maximum Gasteiger partial charge on any atom is 0.184 e. The average molecular weight is 328 g/mol. The quantitative estimate of drug-likeness (QED) is 0.508. The van der Waals surface area contributed by atoms with Gasteiger partial charge in [0.1, 0.15) is 0 Å². The molecule has 1 unspecified atom stereocenters. The predicted molar refractivity (Wildman–Crippen MR) is 78.8 cm³/mol. The molecular formula is C17H30BrN. The first-order valence-electron chi connectivity index (χ1n) is 7.70. The van der Waals surface area contributed by atoms with E-state index in [2.05, 4.69) is 56.7 Å². The third-order valence-corrected chi connectivity index (χ3v) is 3.77. The van der Waals surface area contributed by atoms with Crippen molar-refractivity contribution in [1.82, 2.24) is 0 Å². The lowest BCUT2D eigenvalue weighted by atomic mass is 10.0. The van der Waals surface area contributed by atoms with E-state index < -0.39 is 0 Å². The van der Waals surface area contributed by atoms with E-state index in [-0.39, 0.29) is 17.0 Å². The van der Waals surface area contributed by atoms with Gasteiger partial charge in [-0.15, -0.1) is 0 Å². The molecule has 1 rings (SSSR count). The zero-order valence-electron chi connectivity index (χ0n) is 13.0. The fraction of sp³-hybridized carbons (Fsp3) is 0.706. The molecule has 0 aromatic carbocycles. The van der Waals surface area contributed by atoms with Gasteiger partial charge >= 0.3 is 0 Å². The highest BCUT2D eigenvalue weighted by molar-refractivity contribution is 5.01. The van der Waals surface area contributed by atoms with E-state index in [1.807, 2.05) is 0 Å². The number of halogens is 1. The summed E-state index contributed by atoms with van der Waals surface area (Å²) in [6.07, 6.45) is 10.3. The Hall–Kier alpha value is -0.370. The lowest BCUT2D eigenvalue weighted by molar-refractivity contribution is -0.731. The van der Waals surface area contributed by atoms with Crippen LogP contribution in [0.15, 0.2) is 24.4 Å². The van der Waals surface area contributed by atoms with Crippen molar-refractivity contribution in [1.29, 1.82) is 0 Å². The molecule has 1 heterocycles. The van der Waals surface area contributed by atoms with Crippen LogP contribution in [0.1, 0.15) is 83.9 Å². The van der Waals surface area contributed by atoms with Crippen LogP contribution in [-0.4, -0.2) is 0 Å². The third-order valence-electron chi connectivity index (χ3n) is 3.77. The molecule has 0 saturated heterocycles. The number of hydrogen-bond acceptors (Lipinski definition) is 0. The minimum Gasteiger partial charge on any atom is -1.00 e. The fourth-order valence-corrected chi connectivity index (χ4v) is 2.64. The second-order valence-electron chi connectivity index (χ2n) is 5.60. The van der Waals surface area contributed by atoms with Crippen molar-refractivity contribution in [2.45, 2.75) is 78.2 Å². The highest BCUT2D eigenvalue weighted by Gasteiger charge is 2.21. The van der Waals surface area contributed by atoms with Crippen molar-refractivity contribution >= 4 is 0 Å². The van der Waals surface area contributed by atoms with E-state index >= 15 is 0 Å². The Balaban J connectivity index is 0.00000324. The minimum atomic E-state index is 0. The van der Waals surface area contributed by atoms with Crippen LogP contribution < -0.4 is 21.5 Å². The van der Waals surface area contributed by atoms with Gasteiger partial charge in [0, 0.05) is 30.9 Å². The van der Waals surface area contributed by atoms with Gasteiger partial charge in [-0.3, -0.25) is 0 Å². The van der Waals surface area contributed by atoms with Crippen LogP contribution in [0, 0.1) is 0 Å². The first kappa shape index (κ1) is 18.6. The first-order valence-corrected chi connectivity index (χ1v) is 7.70. The highest BCUT2D eigenvalue weighted by atomic mass is 79.9. The van der Waals surface area contributed by atoms with E-state index in [0.29, 0.717) is 12.0 Å². The smallest absolute Gasteiger partial charge is 0.184 e. The summed E-state index contributed by atoms with van der Waals surface area (Å²) in [4.78, 5) is 0. The normalized spacial score (nSPS) is 12.3. The van der Waals surface area contributed by atoms with Crippen molar-refractivity contribution in [2.75, 3.05) is 0 Å². The first-order chi connectivity index (χ1) is 8.70. The molecule has 0 spiro atoms. The van der Waals surface area contributed by atoms with Crippen molar-refractivity contribution in [3.63, 3.8) is 0 Å². The molecule has 0 amide bonds. The summed E-state index contributed by atoms with van der Waals surface area (Å²) < 4.78 is 2.51. The molecule has 1 aromatic heterocycles. The van der Waals surface area contributed by atoms with Crippen LogP contribution in [-0.2, 0) is 0 Å². The molecule has 0 saturated carbocycles. The lowest BCUT2D eigenvalue weighted by Gasteiger charge is -2.15. The van der Waals surface area contributed by atoms with Gasteiger partial charge < -0.3 is 17.0 Å². The molecule has 0 aliphatic carbocycles. The van der Waals surface area contributed by atoms with Crippen LogP contribution in [0.3, 0.4) is 0 Å². The average Bonchev–Trinajstić information content (AvgIpc) is 2.39. The van der Waals surface area contributed by atoms with Crippen LogP contribution in [0.2, 0.25) is 0 Å². The van der Waals surface area contributed by atoms with E-state index in [0.717, 1.165) is 0 Å². The summed E-state index contributed by atoms with van der Waals surface area (Å²) in [7, 11) is 0. The molecular weight excluding hydrogens is 298 g/mol. The fourth-order valence-electron chi connectivity index (χ4n) is 2.64. The molecule has 0 radical (unpaired) electrons. The summed E-state index contributed by atoms with van der Waals surface area (Å²) in [5.41, 5.74) is 1.47. The zero-order valence-corrected chi connectivity index (χ0v) is 14.6. The van der Waals surface area contributed by atoms with Crippen molar-refractivity contribution < 1.29 is 21.5 Å². The number of pyridine rings is 1. The summed E-state index contributed by atoms with van der Waals surface area (Å²) in [5.74, 6) is 0.607. The Morgan fingerprint density at radius 2 is 1.79 bits per heavy atom. The number of hydrogen-bond donors (Lipinski definition) is 0. The maximum atomic E-state index is 2.51. The van der Waals surface area contributed by atoms with Crippen LogP contribution in [0.5, 0.6) is 0 Å². The molecule has 0 aliphatic heterocycles. The Morgan fingerprint density at radius 3 is 2.37 bits per heavy atom. The van der Waals surface area contributed by atoms with Gasteiger partial charge in [-0.1, -0.05) is 53.0 Å². The van der Waals surface area contributed by atoms with E-state index in [4.69, 9.17) is 0 Å². The molecule has 0 aliphatic rings. The van der Waals surface area contributed by atoms with Crippen LogP contribution in [0.25, 0.3) is 0 Å². The lowest BCUT2D eigenvalue weighted by Crippen LogP contribution is -3.00. The number of rotatable bonds is 8. The van der Waals surface area contributed by atoms with Gasteiger partial charge in [0.15, 0.2) is 17.9 Å². The highest BCUT2D eigenvalue weighted by Crippen LogP contribution is 2.18. The number of nitrogens with zero attached hydrogens (tertiary/aromatic N) is 1. The standard InChI is InChI=1S/C17H30N.BrH/c1-5-7-8-9-12-16(6-2)18-14-11-10-13-17(18)15(3)4;/h10-11,13-16H,5-9,12H2,1-4H3;1H/q+1;/p-1. The van der Waals surface area contributed by atoms with Gasteiger partial charge in [0.2, 0.25) is 0 Å². The monoisotopic (exact) mass is 327 g/mol. The Bertz CT molecular complexity index is 336. The molecule has 1 nitrogen and oxygen atoms in total. The molecule has 19 heavy (non-hydrogen) atoms. The van der Waals surface area contributed by atoms with Gasteiger partial charge in [0.25, 0.3) is 0 Å². The molecule has 2 heteroatoms. The summed E-state index contributed by atoms with van der Waals surface area (Å²) in [6.45, 7) is 9.17. The predicted octanol–water partition coefficient (Wildman–Crippen LogP) is 2.02. The van der Waals surface area contributed by atoms with Crippen LogP contribution >= 0.6 is 0 Å². The van der Waals surface area contributed by atoms with Crippen molar-refractivity contribution in [3.8, 4) is 0 Å². The molecule has 0 bridgehead atoms. The second-order valence-corrected chi connectivity index (χ2v) is 5.60. The van der Waals surface area contributed by atoms with Crippen LogP contribution in [0.4, 0.5) is 0 Å². The summed E-state index contributed by atoms with van der Waals surface area (Å²) >= 11 is 0. The second kappa shape index (κ2) is 10.4. The third kappa shape index (κ3) is 6.07. The molecule has 110 valence electrons. The number of unbranched alkanes of at least 4 members (excludes halogenated alkanes) is 3. The maximum absolute atomic E-state index is 2.51. The van der Waals surface area contributed by atoms with E-state index in [1.165, 1.54) is 44.2 Å². The Labute approximate surface area is 130 Å². The zero-order chi connectivity index (χ0) is 13.4. The van der Waals surface area contributed by atoms with Crippen molar-refractivity contribution in [3.05, 3.63) is 30.1 Å². The van der Waals surface area contributed by atoms with E-state index in [9.17, 15) is 0 Å². The molecule has 0 N–H and O–H groups in total. The topological polar surface area (TPSA) is 3.88 Å². The largest absolute Gasteiger partial charge is 1.00 e. The molecule has 1 atom stereocenters. The molecule has 1 aromatic rings.